The topological polar surface area (TPSA) is 96.2 Å². The maximum Gasteiger partial charge on any atom is 0.307 e. The second-order valence-corrected chi connectivity index (χ2v) is 8.82. The number of piperidine rings is 1. The van der Waals surface area contributed by atoms with Gasteiger partial charge < -0.3 is 19.9 Å². The number of hydrogen-bond donors (Lipinski definition) is 2. The molecule has 2 aliphatic heterocycles. The summed E-state index contributed by atoms with van der Waals surface area (Å²) in [5.41, 5.74) is 2.67. The number of imidazole rings is 1. The van der Waals surface area contributed by atoms with Crippen molar-refractivity contribution in [1.82, 2.24) is 24.8 Å². The average molecular weight is 422 g/mol. The maximum atomic E-state index is 14.9. The zero-order valence-electron chi connectivity index (χ0n) is 17.0. The van der Waals surface area contributed by atoms with Crippen molar-refractivity contribution >= 4 is 23.0 Å². The molecule has 31 heavy (non-hydrogen) atoms. The maximum absolute atomic E-state index is 14.9. The Labute approximate surface area is 178 Å². The van der Waals surface area contributed by atoms with Crippen LogP contribution in [0.4, 0.5) is 10.3 Å². The van der Waals surface area contributed by atoms with Gasteiger partial charge in [0.25, 0.3) is 0 Å². The number of aliphatic carboxylic acids is 1. The molecule has 4 heterocycles. The summed E-state index contributed by atoms with van der Waals surface area (Å²) >= 11 is 0. The summed E-state index contributed by atoms with van der Waals surface area (Å²) in [6, 6.07) is 3.32. The van der Waals surface area contributed by atoms with Crippen LogP contribution in [0.15, 0.2) is 24.5 Å². The summed E-state index contributed by atoms with van der Waals surface area (Å²) in [5.74, 6) is 0.499. The Kier molecular flexibility index (Phi) is 4.21. The van der Waals surface area contributed by atoms with Gasteiger partial charge in [0, 0.05) is 55.8 Å². The number of benzene rings is 1. The molecular weight excluding hydrogens is 399 g/mol. The number of anilines is 1. The highest BCUT2D eigenvalue weighted by atomic mass is 19.1. The van der Waals surface area contributed by atoms with Crippen molar-refractivity contribution in [2.24, 2.45) is 17.8 Å². The highest BCUT2D eigenvalue weighted by Gasteiger charge is 2.46. The molecule has 160 valence electrons. The third-order valence-electron chi connectivity index (χ3n) is 7.06. The lowest BCUT2D eigenvalue weighted by atomic mass is 9.85. The first-order chi connectivity index (χ1) is 15.1. The molecule has 0 radical (unpaired) electrons. The summed E-state index contributed by atoms with van der Waals surface area (Å²) in [6.45, 7) is 3.67. The second-order valence-electron chi connectivity index (χ2n) is 8.82. The van der Waals surface area contributed by atoms with Crippen LogP contribution >= 0.6 is 0 Å². The van der Waals surface area contributed by atoms with Crippen LogP contribution in [0.2, 0.25) is 0 Å². The van der Waals surface area contributed by atoms with Gasteiger partial charge in [-0.3, -0.25) is 4.79 Å². The predicted octanol–water partition coefficient (Wildman–Crippen LogP) is 2.28. The Morgan fingerprint density at radius 1 is 1.16 bits per heavy atom. The molecule has 1 aliphatic carbocycles. The van der Waals surface area contributed by atoms with Gasteiger partial charge in [-0.05, 0) is 30.7 Å². The summed E-state index contributed by atoms with van der Waals surface area (Å²) in [7, 11) is 0. The summed E-state index contributed by atoms with van der Waals surface area (Å²) < 4.78 is 17.0. The smallest absolute Gasteiger partial charge is 0.307 e. The fourth-order valence-corrected chi connectivity index (χ4v) is 5.60. The molecule has 1 aromatic carbocycles. The number of nitrogens with one attached hydrogen (secondary N) is 1. The highest BCUT2D eigenvalue weighted by Crippen LogP contribution is 2.42. The summed E-state index contributed by atoms with van der Waals surface area (Å²) in [6.07, 6.45) is 5.19. The molecule has 2 unspecified atom stereocenters. The Morgan fingerprint density at radius 3 is 2.61 bits per heavy atom. The van der Waals surface area contributed by atoms with Gasteiger partial charge in [0.2, 0.25) is 5.95 Å². The molecule has 2 N–H and O–H groups in total. The fraction of sp³-hybridized carbons (Fsp3) is 0.455. The van der Waals surface area contributed by atoms with Gasteiger partial charge in [0.15, 0.2) is 0 Å². The van der Waals surface area contributed by atoms with Crippen molar-refractivity contribution in [3.63, 3.8) is 0 Å². The lowest BCUT2D eigenvalue weighted by molar-refractivity contribution is -0.144. The van der Waals surface area contributed by atoms with Crippen molar-refractivity contribution in [2.45, 2.75) is 25.9 Å². The van der Waals surface area contributed by atoms with Crippen LogP contribution in [0.5, 0.6) is 0 Å². The molecular formula is C22H23FN6O2. The molecule has 1 saturated heterocycles. The number of fused-ring (bicyclic) bond motifs is 5. The van der Waals surface area contributed by atoms with E-state index in [0.717, 1.165) is 37.3 Å². The molecule has 2 fully saturated rings. The lowest BCUT2D eigenvalue weighted by Gasteiger charge is -2.35. The van der Waals surface area contributed by atoms with Gasteiger partial charge in [-0.15, -0.1) is 0 Å². The van der Waals surface area contributed by atoms with Crippen LogP contribution in [-0.4, -0.2) is 50.2 Å². The first-order valence-corrected chi connectivity index (χ1v) is 10.8. The third kappa shape index (κ3) is 2.98. The van der Waals surface area contributed by atoms with Gasteiger partial charge in [-0.25, -0.2) is 19.3 Å². The average Bonchev–Trinajstić information content (AvgIpc) is 3.27. The number of carboxylic acids is 1. The Morgan fingerprint density at radius 2 is 1.90 bits per heavy atom. The number of nitrogens with zero attached hydrogens (tertiary/aromatic N) is 5. The van der Waals surface area contributed by atoms with E-state index in [9.17, 15) is 14.3 Å². The molecule has 0 spiro atoms. The van der Waals surface area contributed by atoms with Crippen LogP contribution in [-0.2, 0) is 17.9 Å². The van der Waals surface area contributed by atoms with E-state index in [0.29, 0.717) is 42.2 Å². The van der Waals surface area contributed by atoms with Gasteiger partial charge >= 0.3 is 5.97 Å². The van der Waals surface area contributed by atoms with E-state index in [1.807, 2.05) is 6.07 Å². The number of halogens is 1. The quantitative estimate of drug-likeness (QED) is 0.669. The normalized spacial score (nSPS) is 25.1. The molecule has 9 heteroatoms. The number of aromatic nitrogens is 4. The number of hydrogen-bond acceptors (Lipinski definition) is 6. The molecule has 3 aliphatic rings. The van der Waals surface area contributed by atoms with Crippen LogP contribution in [0.1, 0.15) is 18.7 Å². The van der Waals surface area contributed by atoms with Crippen molar-refractivity contribution in [3.05, 3.63) is 36.2 Å². The zero-order valence-corrected chi connectivity index (χ0v) is 17.0. The van der Waals surface area contributed by atoms with E-state index in [1.165, 1.54) is 6.07 Å². The van der Waals surface area contributed by atoms with Gasteiger partial charge in [0.05, 0.1) is 23.5 Å². The molecule has 2 atom stereocenters. The SMILES string of the molecule is O=C(O)C1C2CCC1CN(c1ncc(-c3cc4c(cc3F)nc3n4CCNC3)cn1)C2. The van der Waals surface area contributed by atoms with E-state index >= 15 is 0 Å². The van der Waals surface area contributed by atoms with Crippen LogP contribution < -0.4 is 10.2 Å². The molecule has 6 rings (SSSR count). The Hall–Kier alpha value is -3.07. The zero-order chi connectivity index (χ0) is 21.1. The monoisotopic (exact) mass is 422 g/mol. The van der Waals surface area contributed by atoms with E-state index in [1.54, 1.807) is 12.4 Å². The summed E-state index contributed by atoms with van der Waals surface area (Å²) in [4.78, 5) is 27.2. The van der Waals surface area contributed by atoms with E-state index in [4.69, 9.17) is 0 Å². The predicted molar refractivity (Wildman–Crippen MR) is 112 cm³/mol. The highest BCUT2D eigenvalue weighted by molar-refractivity contribution is 5.83. The van der Waals surface area contributed by atoms with Crippen LogP contribution in [0.25, 0.3) is 22.2 Å². The molecule has 8 nitrogen and oxygen atoms in total. The molecule has 3 aromatic rings. The first-order valence-electron chi connectivity index (χ1n) is 10.8. The molecule has 1 saturated carbocycles. The number of carboxylic acid groups (broad SMARTS) is 1. The fourth-order valence-electron chi connectivity index (χ4n) is 5.60. The van der Waals surface area contributed by atoms with Crippen molar-refractivity contribution in [3.8, 4) is 11.1 Å². The number of carbonyl (C=O) groups is 1. The standard InChI is InChI=1S/C22H23FN6O2/c23-16-6-17-18(29-4-3-24-9-19(29)27-17)5-15(16)14-7-25-22(26-8-14)28-10-12-1-2-13(11-28)20(12)21(30)31/h5-8,12-13,20,24H,1-4,9-11H2,(H,30,31). The van der Waals surface area contributed by atoms with Crippen molar-refractivity contribution < 1.29 is 14.3 Å². The van der Waals surface area contributed by atoms with Crippen molar-refractivity contribution in [2.75, 3.05) is 24.5 Å². The lowest BCUT2D eigenvalue weighted by Crippen LogP contribution is -2.45. The third-order valence-corrected chi connectivity index (χ3v) is 7.06. The van der Waals surface area contributed by atoms with Gasteiger partial charge in [-0.1, -0.05) is 0 Å². The van der Waals surface area contributed by atoms with E-state index in [2.05, 4.69) is 29.7 Å². The van der Waals surface area contributed by atoms with E-state index in [-0.39, 0.29) is 23.6 Å². The number of rotatable bonds is 3. The van der Waals surface area contributed by atoms with Crippen molar-refractivity contribution in [1.29, 1.82) is 0 Å². The minimum Gasteiger partial charge on any atom is -0.481 e. The minimum absolute atomic E-state index is 0.141. The van der Waals surface area contributed by atoms with Gasteiger partial charge in [-0.2, -0.15) is 0 Å². The Bertz CT molecular complexity index is 1160. The largest absolute Gasteiger partial charge is 0.481 e. The van der Waals surface area contributed by atoms with E-state index < -0.39 is 5.97 Å². The first kappa shape index (κ1) is 18.7. The molecule has 2 bridgehead atoms. The Balaban J connectivity index is 1.29. The minimum atomic E-state index is -0.688. The molecule has 0 amide bonds. The summed E-state index contributed by atoms with van der Waals surface area (Å²) in [5, 5.41) is 12.8. The molecule has 2 aromatic heterocycles. The van der Waals surface area contributed by atoms with Gasteiger partial charge in [0.1, 0.15) is 11.6 Å². The van der Waals surface area contributed by atoms with Crippen LogP contribution in [0, 0.1) is 23.6 Å². The second kappa shape index (κ2) is 6.98. The van der Waals surface area contributed by atoms with Crippen LogP contribution in [0.3, 0.4) is 0 Å².